The standard InChI is InChI=1S/C14H13FN2O2/c15-12-5-4-10(9-13(12)16)14(18)19-8-6-11-3-1-2-7-17-11/h1-5,7,9H,6,8,16H2. The van der Waals surface area contributed by atoms with Gasteiger partial charge in [0.05, 0.1) is 17.9 Å². The predicted octanol–water partition coefficient (Wildman–Crippen LogP) is 2.20. The van der Waals surface area contributed by atoms with E-state index in [9.17, 15) is 9.18 Å². The van der Waals surface area contributed by atoms with E-state index in [4.69, 9.17) is 10.5 Å². The molecule has 19 heavy (non-hydrogen) atoms. The van der Waals surface area contributed by atoms with Gasteiger partial charge in [-0.2, -0.15) is 0 Å². The molecule has 2 N–H and O–H groups in total. The van der Waals surface area contributed by atoms with Crippen LogP contribution in [-0.2, 0) is 11.2 Å². The van der Waals surface area contributed by atoms with Crippen LogP contribution in [0.5, 0.6) is 0 Å². The molecule has 0 atom stereocenters. The summed E-state index contributed by atoms with van der Waals surface area (Å²) in [6, 6.07) is 9.28. The van der Waals surface area contributed by atoms with Gasteiger partial charge in [0.1, 0.15) is 5.82 Å². The van der Waals surface area contributed by atoms with Crippen LogP contribution >= 0.6 is 0 Å². The van der Waals surface area contributed by atoms with Crippen LogP contribution in [0.25, 0.3) is 0 Å². The van der Waals surface area contributed by atoms with Crippen molar-refractivity contribution in [3.63, 3.8) is 0 Å². The molecule has 0 amide bonds. The molecule has 0 spiro atoms. The third kappa shape index (κ3) is 3.51. The van der Waals surface area contributed by atoms with E-state index < -0.39 is 11.8 Å². The largest absolute Gasteiger partial charge is 0.462 e. The Bertz CT molecular complexity index is 573. The first-order valence-corrected chi connectivity index (χ1v) is 5.79. The van der Waals surface area contributed by atoms with Crippen LogP contribution < -0.4 is 5.73 Å². The monoisotopic (exact) mass is 260 g/mol. The van der Waals surface area contributed by atoms with Crippen molar-refractivity contribution in [2.24, 2.45) is 0 Å². The van der Waals surface area contributed by atoms with Gasteiger partial charge in [-0.05, 0) is 30.3 Å². The maximum absolute atomic E-state index is 13.0. The van der Waals surface area contributed by atoms with Crippen molar-refractivity contribution < 1.29 is 13.9 Å². The molecule has 1 aromatic heterocycles. The summed E-state index contributed by atoms with van der Waals surface area (Å²) in [6.07, 6.45) is 2.21. The first-order chi connectivity index (χ1) is 9.16. The topological polar surface area (TPSA) is 65.2 Å². The van der Waals surface area contributed by atoms with Gasteiger partial charge in [-0.15, -0.1) is 0 Å². The van der Waals surface area contributed by atoms with Gasteiger partial charge in [-0.3, -0.25) is 4.98 Å². The maximum Gasteiger partial charge on any atom is 0.338 e. The Morgan fingerprint density at radius 3 is 2.84 bits per heavy atom. The molecule has 98 valence electrons. The molecule has 0 saturated carbocycles. The van der Waals surface area contributed by atoms with Crippen molar-refractivity contribution >= 4 is 11.7 Å². The lowest BCUT2D eigenvalue weighted by Gasteiger charge is -2.05. The van der Waals surface area contributed by atoms with Crippen molar-refractivity contribution in [3.8, 4) is 0 Å². The number of aromatic nitrogens is 1. The Morgan fingerprint density at radius 1 is 1.32 bits per heavy atom. The van der Waals surface area contributed by atoms with Crippen LogP contribution in [0.4, 0.5) is 10.1 Å². The van der Waals surface area contributed by atoms with Crippen LogP contribution in [0.15, 0.2) is 42.6 Å². The minimum absolute atomic E-state index is 0.0702. The van der Waals surface area contributed by atoms with Crippen LogP contribution in [-0.4, -0.2) is 17.6 Å². The summed E-state index contributed by atoms with van der Waals surface area (Å²) in [6.45, 7) is 0.215. The van der Waals surface area contributed by atoms with Gasteiger partial charge in [0.2, 0.25) is 0 Å². The minimum Gasteiger partial charge on any atom is -0.462 e. The second-order valence-electron chi connectivity index (χ2n) is 3.94. The molecule has 0 bridgehead atoms. The molecular formula is C14H13FN2O2. The van der Waals surface area contributed by atoms with E-state index in [1.807, 2.05) is 18.2 Å². The van der Waals surface area contributed by atoms with Crippen molar-refractivity contribution in [1.29, 1.82) is 0 Å². The maximum atomic E-state index is 13.0. The summed E-state index contributed by atoms with van der Waals surface area (Å²) in [7, 11) is 0. The van der Waals surface area contributed by atoms with Crippen LogP contribution in [0, 0.1) is 5.82 Å². The number of carbonyl (C=O) groups is 1. The van der Waals surface area contributed by atoms with Gasteiger partial charge in [-0.25, -0.2) is 9.18 Å². The van der Waals surface area contributed by atoms with Crippen molar-refractivity contribution in [3.05, 3.63) is 59.7 Å². The fraction of sp³-hybridized carbons (Fsp3) is 0.143. The van der Waals surface area contributed by atoms with Crippen molar-refractivity contribution in [2.45, 2.75) is 6.42 Å². The smallest absolute Gasteiger partial charge is 0.338 e. The molecule has 4 nitrogen and oxygen atoms in total. The highest BCUT2D eigenvalue weighted by atomic mass is 19.1. The van der Waals surface area contributed by atoms with Gasteiger partial charge >= 0.3 is 5.97 Å². The third-order valence-electron chi connectivity index (χ3n) is 2.55. The fourth-order valence-electron chi connectivity index (χ4n) is 1.55. The molecule has 2 aromatic rings. The molecule has 0 radical (unpaired) electrons. The summed E-state index contributed by atoms with van der Waals surface area (Å²) in [5.74, 6) is -1.08. The molecular weight excluding hydrogens is 247 g/mol. The number of pyridine rings is 1. The normalized spacial score (nSPS) is 10.2. The summed E-state index contributed by atoms with van der Waals surface area (Å²) in [4.78, 5) is 15.8. The van der Waals surface area contributed by atoms with Crippen LogP contribution in [0.2, 0.25) is 0 Å². The number of rotatable bonds is 4. The lowest BCUT2D eigenvalue weighted by atomic mass is 10.2. The van der Waals surface area contributed by atoms with E-state index in [2.05, 4.69) is 4.98 Å². The molecule has 0 aliphatic carbocycles. The second kappa shape index (κ2) is 5.95. The number of esters is 1. The molecule has 0 unspecified atom stereocenters. The Morgan fingerprint density at radius 2 is 2.16 bits per heavy atom. The zero-order chi connectivity index (χ0) is 13.7. The van der Waals surface area contributed by atoms with Gasteiger partial charge in [0.25, 0.3) is 0 Å². The molecule has 1 heterocycles. The zero-order valence-electron chi connectivity index (χ0n) is 10.2. The number of ether oxygens (including phenoxy) is 1. The average Bonchev–Trinajstić information content (AvgIpc) is 2.43. The number of hydrogen-bond donors (Lipinski definition) is 1. The zero-order valence-corrected chi connectivity index (χ0v) is 10.2. The summed E-state index contributed by atoms with van der Waals surface area (Å²) in [5.41, 5.74) is 6.39. The van der Waals surface area contributed by atoms with Gasteiger partial charge < -0.3 is 10.5 Å². The summed E-state index contributed by atoms with van der Waals surface area (Å²) < 4.78 is 18.0. The highest BCUT2D eigenvalue weighted by molar-refractivity contribution is 5.90. The third-order valence-corrected chi connectivity index (χ3v) is 2.55. The molecule has 0 fully saturated rings. The predicted molar refractivity (Wildman–Crippen MR) is 69.0 cm³/mol. The minimum atomic E-state index is -0.551. The van der Waals surface area contributed by atoms with Crippen molar-refractivity contribution in [2.75, 3.05) is 12.3 Å². The first-order valence-electron chi connectivity index (χ1n) is 5.79. The van der Waals surface area contributed by atoms with Gasteiger partial charge in [-0.1, -0.05) is 6.07 Å². The lowest BCUT2D eigenvalue weighted by Crippen LogP contribution is -2.09. The van der Waals surface area contributed by atoms with Gasteiger partial charge in [0.15, 0.2) is 0 Å². The summed E-state index contributed by atoms with van der Waals surface area (Å²) in [5, 5.41) is 0. The number of halogens is 1. The first kappa shape index (κ1) is 13.0. The molecule has 0 aliphatic rings. The summed E-state index contributed by atoms with van der Waals surface area (Å²) >= 11 is 0. The van der Waals surface area contributed by atoms with Crippen molar-refractivity contribution in [1.82, 2.24) is 4.98 Å². The Kier molecular flexibility index (Phi) is 4.07. The number of nitrogens with two attached hydrogens (primary N) is 1. The number of hydrogen-bond acceptors (Lipinski definition) is 4. The number of nitrogen functional groups attached to an aromatic ring is 1. The highest BCUT2D eigenvalue weighted by Crippen LogP contribution is 2.13. The van der Waals surface area contributed by atoms with Crippen LogP contribution in [0.1, 0.15) is 16.1 Å². The Balaban J connectivity index is 1.89. The number of carbonyl (C=O) groups excluding carboxylic acids is 1. The molecule has 1 aromatic carbocycles. The lowest BCUT2D eigenvalue weighted by molar-refractivity contribution is 0.0508. The molecule has 0 saturated heterocycles. The quantitative estimate of drug-likeness (QED) is 0.676. The molecule has 5 heteroatoms. The van der Waals surface area contributed by atoms with E-state index in [1.54, 1.807) is 6.20 Å². The van der Waals surface area contributed by atoms with Gasteiger partial charge in [0, 0.05) is 18.3 Å². The van der Waals surface area contributed by atoms with E-state index in [-0.39, 0.29) is 17.9 Å². The van der Waals surface area contributed by atoms with E-state index >= 15 is 0 Å². The van der Waals surface area contributed by atoms with E-state index in [0.29, 0.717) is 6.42 Å². The van der Waals surface area contributed by atoms with E-state index in [1.165, 1.54) is 12.1 Å². The molecule has 0 aliphatic heterocycles. The average molecular weight is 260 g/mol. The SMILES string of the molecule is Nc1cc(C(=O)OCCc2ccccn2)ccc1F. The number of nitrogens with zero attached hydrogens (tertiary/aromatic N) is 1. The number of anilines is 1. The molecule has 2 rings (SSSR count). The Hall–Kier alpha value is -2.43. The highest BCUT2D eigenvalue weighted by Gasteiger charge is 2.09. The van der Waals surface area contributed by atoms with Crippen LogP contribution in [0.3, 0.4) is 0 Å². The number of benzene rings is 1. The van der Waals surface area contributed by atoms with E-state index in [0.717, 1.165) is 11.8 Å². The fourth-order valence-corrected chi connectivity index (χ4v) is 1.55. The second-order valence-corrected chi connectivity index (χ2v) is 3.94. The Labute approximate surface area is 110 Å².